The molecule has 116 valence electrons. The van der Waals surface area contributed by atoms with Gasteiger partial charge in [0.1, 0.15) is 12.4 Å². The first-order chi connectivity index (χ1) is 10.9. The van der Waals surface area contributed by atoms with Crippen LogP contribution in [-0.4, -0.2) is 24.5 Å². The summed E-state index contributed by atoms with van der Waals surface area (Å²) in [7, 11) is 0. The monoisotopic (exact) mass is 296 g/mol. The maximum atomic E-state index is 6.08. The van der Waals surface area contributed by atoms with Gasteiger partial charge in [0.2, 0.25) is 0 Å². The van der Waals surface area contributed by atoms with Crippen LogP contribution in [0.15, 0.2) is 54.6 Å². The molecule has 0 aliphatic carbocycles. The third-order valence-corrected chi connectivity index (χ3v) is 4.32. The molecule has 1 aliphatic heterocycles. The number of para-hydroxylation sites is 1. The molecule has 1 fully saturated rings. The molecule has 3 nitrogen and oxygen atoms in total. The van der Waals surface area contributed by atoms with Crippen molar-refractivity contribution in [1.29, 1.82) is 0 Å². The van der Waals surface area contributed by atoms with Gasteiger partial charge in [0.25, 0.3) is 0 Å². The van der Waals surface area contributed by atoms with Gasteiger partial charge in [0, 0.05) is 12.1 Å². The highest BCUT2D eigenvalue weighted by Gasteiger charge is 2.24. The van der Waals surface area contributed by atoms with Crippen molar-refractivity contribution in [3.05, 3.63) is 65.7 Å². The van der Waals surface area contributed by atoms with Gasteiger partial charge in [-0.25, -0.2) is 0 Å². The number of nitrogens with zero attached hydrogens (tertiary/aromatic N) is 1. The van der Waals surface area contributed by atoms with Crippen molar-refractivity contribution in [1.82, 2.24) is 4.90 Å². The van der Waals surface area contributed by atoms with Crippen molar-refractivity contribution in [2.75, 3.05) is 19.6 Å². The average Bonchev–Trinajstić information content (AvgIpc) is 3.10. The zero-order valence-corrected chi connectivity index (χ0v) is 12.9. The molecule has 22 heavy (non-hydrogen) atoms. The second-order valence-corrected chi connectivity index (χ2v) is 5.81. The van der Waals surface area contributed by atoms with Crippen LogP contribution < -0.4 is 10.5 Å². The van der Waals surface area contributed by atoms with Gasteiger partial charge < -0.3 is 10.5 Å². The number of benzene rings is 2. The van der Waals surface area contributed by atoms with Crippen molar-refractivity contribution in [2.24, 2.45) is 5.73 Å². The van der Waals surface area contributed by atoms with Crippen molar-refractivity contribution < 1.29 is 4.74 Å². The van der Waals surface area contributed by atoms with Crippen LogP contribution in [0.2, 0.25) is 0 Å². The van der Waals surface area contributed by atoms with Gasteiger partial charge in [-0.3, -0.25) is 4.90 Å². The van der Waals surface area contributed by atoms with Crippen LogP contribution in [0, 0.1) is 0 Å². The van der Waals surface area contributed by atoms with E-state index in [1.54, 1.807) is 0 Å². The fourth-order valence-corrected chi connectivity index (χ4v) is 3.15. The summed E-state index contributed by atoms with van der Waals surface area (Å²) in [4.78, 5) is 2.48. The van der Waals surface area contributed by atoms with E-state index in [2.05, 4.69) is 35.2 Å². The molecular weight excluding hydrogens is 272 g/mol. The smallest absolute Gasteiger partial charge is 0.124 e. The number of nitrogens with two attached hydrogens (primary N) is 1. The molecule has 0 saturated carbocycles. The molecule has 0 aromatic heterocycles. The molecule has 1 saturated heterocycles. The minimum Gasteiger partial charge on any atom is -0.489 e. The molecule has 1 aliphatic rings. The maximum Gasteiger partial charge on any atom is 0.124 e. The summed E-state index contributed by atoms with van der Waals surface area (Å²) >= 11 is 0. The Labute approximate surface area is 132 Å². The Kier molecular flexibility index (Phi) is 5.09. The molecule has 2 aromatic rings. The number of ether oxygens (including phenoxy) is 1. The first-order valence-corrected chi connectivity index (χ1v) is 8.08. The Morgan fingerprint density at radius 1 is 0.955 bits per heavy atom. The van der Waals surface area contributed by atoms with Crippen LogP contribution in [-0.2, 0) is 6.61 Å². The topological polar surface area (TPSA) is 38.5 Å². The van der Waals surface area contributed by atoms with Crippen LogP contribution in [0.5, 0.6) is 5.75 Å². The lowest BCUT2D eigenvalue weighted by molar-refractivity contribution is 0.236. The average molecular weight is 296 g/mol. The number of hydrogen-bond donors (Lipinski definition) is 1. The standard InChI is InChI=1S/C19H24N2O/c20-14-18(21-12-6-7-13-21)17-10-4-5-11-19(17)22-15-16-8-2-1-3-9-16/h1-5,8-11,18H,6-7,12-15,20H2. The van der Waals surface area contributed by atoms with Crippen molar-refractivity contribution in [3.63, 3.8) is 0 Å². The summed E-state index contributed by atoms with van der Waals surface area (Å²) in [6.07, 6.45) is 2.53. The van der Waals surface area contributed by atoms with Crippen LogP contribution in [0.3, 0.4) is 0 Å². The van der Waals surface area contributed by atoms with E-state index in [1.165, 1.54) is 24.0 Å². The zero-order chi connectivity index (χ0) is 15.2. The van der Waals surface area contributed by atoms with E-state index in [1.807, 2.05) is 24.3 Å². The molecule has 2 N–H and O–H groups in total. The maximum absolute atomic E-state index is 6.08. The minimum atomic E-state index is 0.259. The summed E-state index contributed by atoms with van der Waals surface area (Å²) in [6.45, 7) is 3.49. The Bertz CT molecular complexity index is 579. The van der Waals surface area contributed by atoms with Gasteiger partial charge in [-0.15, -0.1) is 0 Å². The molecule has 1 atom stereocenters. The predicted molar refractivity (Wildman–Crippen MR) is 89.8 cm³/mol. The summed E-state index contributed by atoms with van der Waals surface area (Å²) < 4.78 is 6.08. The molecule has 0 radical (unpaired) electrons. The van der Waals surface area contributed by atoms with Gasteiger partial charge >= 0.3 is 0 Å². The van der Waals surface area contributed by atoms with E-state index in [9.17, 15) is 0 Å². The lowest BCUT2D eigenvalue weighted by Crippen LogP contribution is -2.31. The molecule has 1 heterocycles. The van der Waals surface area contributed by atoms with E-state index in [-0.39, 0.29) is 6.04 Å². The molecule has 0 bridgehead atoms. The largest absolute Gasteiger partial charge is 0.489 e. The number of hydrogen-bond acceptors (Lipinski definition) is 3. The fourth-order valence-electron chi connectivity index (χ4n) is 3.15. The van der Waals surface area contributed by atoms with Gasteiger partial charge in [-0.2, -0.15) is 0 Å². The van der Waals surface area contributed by atoms with E-state index in [0.717, 1.165) is 18.8 Å². The molecule has 3 heteroatoms. The van der Waals surface area contributed by atoms with Gasteiger partial charge in [-0.05, 0) is 37.6 Å². The van der Waals surface area contributed by atoms with Crippen molar-refractivity contribution in [3.8, 4) is 5.75 Å². The lowest BCUT2D eigenvalue weighted by Gasteiger charge is -2.28. The van der Waals surface area contributed by atoms with Crippen molar-refractivity contribution in [2.45, 2.75) is 25.5 Å². The Hall–Kier alpha value is -1.84. The highest BCUT2D eigenvalue weighted by atomic mass is 16.5. The third kappa shape index (κ3) is 3.49. The predicted octanol–water partition coefficient (Wildman–Crippen LogP) is 3.36. The quantitative estimate of drug-likeness (QED) is 0.888. The molecule has 2 aromatic carbocycles. The Morgan fingerprint density at radius 3 is 2.36 bits per heavy atom. The SMILES string of the molecule is NCC(c1ccccc1OCc1ccccc1)N1CCCC1. The highest BCUT2D eigenvalue weighted by molar-refractivity contribution is 5.36. The second kappa shape index (κ2) is 7.43. The summed E-state index contributed by atoms with van der Waals surface area (Å²) in [6, 6.07) is 18.8. The lowest BCUT2D eigenvalue weighted by atomic mass is 10.0. The first kappa shape index (κ1) is 15.1. The van der Waals surface area contributed by atoms with E-state index in [4.69, 9.17) is 10.5 Å². The number of rotatable bonds is 6. The fraction of sp³-hybridized carbons (Fsp3) is 0.368. The van der Waals surface area contributed by atoms with Crippen LogP contribution >= 0.6 is 0 Å². The normalized spacial score (nSPS) is 16.6. The van der Waals surface area contributed by atoms with Gasteiger partial charge in [0.15, 0.2) is 0 Å². The minimum absolute atomic E-state index is 0.259. The second-order valence-electron chi connectivity index (χ2n) is 5.81. The Morgan fingerprint density at radius 2 is 1.64 bits per heavy atom. The van der Waals surface area contributed by atoms with Gasteiger partial charge in [-0.1, -0.05) is 48.5 Å². The third-order valence-electron chi connectivity index (χ3n) is 4.32. The van der Waals surface area contributed by atoms with Crippen LogP contribution in [0.25, 0.3) is 0 Å². The highest BCUT2D eigenvalue weighted by Crippen LogP contribution is 2.31. The summed E-state index contributed by atoms with van der Waals surface area (Å²) in [5.74, 6) is 0.953. The molecule has 1 unspecified atom stereocenters. The van der Waals surface area contributed by atoms with Gasteiger partial charge in [0.05, 0.1) is 6.04 Å². The van der Waals surface area contributed by atoms with E-state index >= 15 is 0 Å². The van der Waals surface area contributed by atoms with Crippen molar-refractivity contribution >= 4 is 0 Å². The van der Waals surface area contributed by atoms with Crippen LogP contribution in [0.4, 0.5) is 0 Å². The number of likely N-dealkylation sites (tertiary alicyclic amines) is 1. The zero-order valence-electron chi connectivity index (χ0n) is 12.9. The summed E-state index contributed by atoms with van der Waals surface area (Å²) in [5.41, 5.74) is 8.46. The van der Waals surface area contributed by atoms with E-state index in [0.29, 0.717) is 13.2 Å². The first-order valence-electron chi connectivity index (χ1n) is 8.08. The molecule has 0 amide bonds. The van der Waals surface area contributed by atoms with Crippen LogP contribution in [0.1, 0.15) is 30.0 Å². The molecule has 3 rings (SSSR count). The molecular formula is C19H24N2O. The van der Waals surface area contributed by atoms with E-state index < -0.39 is 0 Å². The molecule has 0 spiro atoms. The Balaban J connectivity index is 1.76. The summed E-state index contributed by atoms with van der Waals surface area (Å²) in [5, 5.41) is 0.